The van der Waals surface area contributed by atoms with Gasteiger partial charge < -0.3 is 9.80 Å². The summed E-state index contributed by atoms with van der Waals surface area (Å²) in [6.07, 6.45) is 7.24. The van der Waals surface area contributed by atoms with Gasteiger partial charge in [-0.25, -0.2) is 4.79 Å². The van der Waals surface area contributed by atoms with E-state index >= 15 is 0 Å². The zero-order chi connectivity index (χ0) is 12.3. The Kier molecular flexibility index (Phi) is 3.95. The van der Waals surface area contributed by atoms with Gasteiger partial charge in [-0.2, -0.15) is 0 Å². The van der Waals surface area contributed by atoms with Gasteiger partial charge in [0.1, 0.15) is 0 Å². The third kappa shape index (κ3) is 2.93. The molecule has 3 nitrogen and oxygen atoms in total. The Labute approximate surface area is 105 Å². The van der Waals surface area contributed by atoms with Crippen molar-refractivity contribution in [3.05, 3.63) is 0 Å². The Morgan fingerprint density at radius 2 is 1.53 bits per heavy atom. The number of likely N-dealkylation sites (tertiary alicyclic amines) is 2. The molecule has 0 aromatic carbocycles. The molecule has 0 aromatic heterocycles. The van der Waals surface area contributed by atoms with E-state index in [4.69, 9.17) is 0 Å². The van der Waals surface area contributed by atoms with Gasteiger partial charge in [0.25, 0.3) is 0 Å². The molecule has 98 valence electrons. The van der Waals surface area contributed by atoms with Crippen LogP contribution in [-0.4, -0.2) is 42.0 Å². The molecule has 0 aromatic rings. The van der Waals surface area contributed by atoms with Crippen LogP contribution in [0.15, 0.2) is 0 Å². The molecule has 2 aliphatic rings. The maximum absolute atomic E-state index is 12.3. The summed E-state index contributed by atoms with van der Waals surface area (Å²) < 4.78 is 0. The largest absolute Gasteiger partial charge is 0.325 e. The van der Waals surface area contributed by atoms with Gasteiger partial charge in [-0.05, 0) is 37.5 Å². The average Bonchev–Trinajstić information content (AvgIpc) is 2.40. The number of piperidine rings is 2. The highest BCUT2D eigenvalue weighted by Gasteiger charge is 2.32. The fourth-order valence-corrected chi connectivity index (χ4v) is 2.88. The number of carbonyl (C=O) groups excluding carboxylic acids is 1. The van der Waals surface area contributed by atoms with Crippen LogP contribution >= 0.6 is 0 Å². The van der Waals surface area contributed by atoms with Crippen molar-refractivity contribution < 1.29 is 4.79 Å². The van der Waals surface area contributed by atoms with E-state index in [1.807, 2.05) is 0 Å². The average molecular weight is 238 g/mol. The maximum Gasteiger partial charge on any atom is 0.319 e. The number of amides is 2. The molecule has 2 fully saturated rings. The summed E-state index contributed by atoms with van der Waals surface area (Å²) in [5.74, 6) is 0. The van der Waals surface area contributed by atoms with E-state index in [0.29, 0.717) is 11.4 Å². The van der Waals surface area contributed by atoms with E-state index < -0.39 is 0 Å². The van der Waals surface area contributed by atoms with Crippen molar-refractivity contribution in [1.29, 1.82) is 0 Å². The van der Waals surface area contributed by atoms with Gasteiger partial charge in [0.05, 0.1) is 0 Å². The van der Waals surface area contributed by atoms with Crippen molar-refractivity contribution in [3.8, 4) is 0 Å². The van der Waals surface area contributed by atoms with Crippen LogP contribution in [0.25, 0.3) is 0 Å². The van der Waals surface area contributed by atoms with E-state index in [9.17, 15) is 4.79 Å². The van der Waals surface area contributed by atoms with Crippen molar-refractivity contribution in [3.63, 3.8) is 0 Å². The van der Waals surface area contributed by atoms with Gasteiger partial charge >= 0.3 is 6.03 Å². The molecule has 2 heterocycles. The maximum atomic E-state index is 12.3. The normalized spacial score (nSPS) is 24.8. The number of urea groups is 1. The second kappa shape index (κ2) is 5.28. The lowest BCUT2D eigenvalue weighted by atomic mass is 9.78. The summed E-state index contributed by atoms with van der Waals surface area (Å²) >= 11 is 0. The van der Waals surface area contributed by atoms with Crippen molar-refractivity contribution in [2.75, 3.05) is 26.2 Å². The van der Waals surface area contributed by atoms with Gasteiger partial charge in [0.2, 0.25) is 0 Å². The first-order valence-corrected chi connectivity index (χ1v) is 7.18. The highest BCUT2D eigenvalue weighted by molar-refractivity contribution is 5.74. The smallest absolute Gasteiger partial charge is 0.319 e. The fourth-order valence-electron chi connectivity index (χ4n) is 2.88. The number of rotatable bonds is 1. The second-order valence-electron chi connectivity index (χ2n) is 5.98. The monoisotopic (exact) mass is 238 g/mol. The van der Waals surface area contributed by atoms with E-state index in [0.717, 1.165) is 26.2 Å². The first-order valence-electron chi connectivity index (χ1n) is 7.18. The van der Waals surface area contributed by atoms with Crippen LogP contribution in [-0.2, 0) is 0 Å². The summed E-state index contributed by atoms with van der Waals surface area (Å²) in [5.41, 5.74) is 0.471. The van der Waals surface area contributed by atoms with Crippen LogP contribution < -0.4 is 0 Å². The molecule has 0 N–H and O–H groups in total. The minimum absolute atomic E-state index is 0.294. The predicted octanol–water partition coefficient (Wildman–Crippen LogP) is 3.10. The van der Waals surface area contributed by atoms with Crippen LogP contribution in [0.4, 0.5) is 4.79 Å². The number of hydrogen-bond donors (Lipinski definition) is 0. The van der Waals surface area contributed by atoms with Gasteiger partial charge in [-0.15, -0.1) is 0 Å². The van der Waals surface area contributed by atoms with Gasteiger partial charge in [-0.1, -0.05) is 20.3 Å². The fraction of sp³-hybridized carbons (Fsp3) is 0.929. The van der Waals surface area contributed by atoms with Crippen LogP contribution in [0.3, 0.4) is 0 Å². The lowest BCUT2D eigenvalue weighted by Gasteiger charge is -2.41. The SMILES string of the molecule is CCC1(C)CCN(C(=O)N2CCCCC2)CC1. The second-order valence-corrected chi connectivity index (χ2v) is 5.98. The minimum Gasteiger partial charge on any atom is -0.325 e. The number of hydrogen-bond acceptors (Lipinski definition) is 1. The summed E-state index contributed by atoms with van der Waals surface area (Å²) in [7, 11) is 0. The van der Waals surface area contributed by atoms with E-state index in [1.54, 1.807) is 0 Å². The first kappa shape index (κ1) is 12.7. The van der Waals surface area contributed by atoms with E-state index in [-0.39, 0.29) is 0 Å². The molecule has 2 rings (SSSR count). The van der Waals surface area contributed by atoms with Crippen molar-refractivity contribution in [1.82, 2.24) is 9.80 Å². The molecule has 0 spiro atoms. The van der Waals surface area contributed by atoms with E-state index in [2.05, 4.69) is 23.6 Å². The van der Waals surface area contributed by atoms with Crippen molar-refractivity contribution in [2.45, 2.75) is 52.4 Å². The quantitative estimate of drug-likeness (QED) is 0.688. The molecule has 2 aliphatic heterocycles. The molecule has 17 heavy (non-hydrogen) atoms. The summed E-state index contributed by atoms with van der Waals surface area (Å²) in [6, 6.07) is 0.294. The van der Waals surface area contributed by atoms with Gasteiger partial charge in [0, 0.05) is 26.2 Å². The molecule has 0 radical (unpaired) electrons. The molecule has 2 saturated heterocycles. The molecule has 0 aliphatic carbocycles. The van der Waals surface area contributed by atoms with Crippen LogP contribution in [0.5, 0.6) is 0 Å². The summed E-state index contributed by atoms with van der Waals surface area (Å²) in [4.78, 5) is 16.4. The topological polar surface area (TPSA) is 23.6 Å². The lowest BCUT2D eigenvalue weighted by Crippen LogP contribution is -2.49. The molecule has 2 amide bonds. The molecule has 0 saturated carbocycles. The van der Waals surface area contributed by atoms with Crippen LogP contribution in [0.2, 0.25) is 0 Å². The Morgan fingerprint density at radius 1 is 1.00 bits per heavy atom. The molecular weight excluding hydrogens is 212 g/mol. The molecular formula is C14H26N2O. The van der Waals surface area contributed by atoms with Crippen molar-refractivity contribution >= 4 is 6.03 Å². The zero-order valence-corrected chi connectivity index (χ0v) is 11.4. The van der Waals surface area contributed by atoms with E-state index in [1.165, 1.54) is 38.5 Å². The molecule has 0 atom stereocenters. The molecule has 0 bridgehead atoms. The zero-order valence-electron chi connectivity index (χ0n) is 11.4. The summed E-state index contributed by atoms with van der Waals surface area (Å²) in [5, 5.41) is 0. The van der Waals surface area contributed by atoms with Gasteiger partial charge in [0.15, 0.2) is 0 Å². The Balaban J connectivity index is 1.85. The minimum atomic E-state index is 0.294. The molecule has 0 unspecified atom stereocenters. The number of nitrogens with zero attached hydrogens (tertiary/aromatic N) is 2. The van der Waals surface area contributed by atoms with Crippen LogP contribution in [0.1, 0.15) is 52.4 Å². The summed E-state index contributed by atoms with van der Waals surface area (Å²) in [6.45, 7) is 8.48. The third-order valence-electron chi connectivity index (χ3n) is 4.72. The molecule has 3 heteroatoms. The van der Waals surface area contributed by atoms with Crippen molar-refractivity contribution in [2.24, 2.45) is 5.41 Å². The third-order valence-corrected chi connectivity index (χ3v) is 4.72. The van der Waals surface area contributed by atoms with Crippen LogP contribution in [0, 0.1) is 5.41 Å². The Morgan fingerprint density at radius 3 is 2.06 bits per heavy atom. The Hall–Kier alpha value is -0.730. The first-order chi connectivity index (χ1) is 8.14. The lowest BCUT2D eigenvalue weighted by molar-refractivity contribution is 0.0977. The highest BCUT2D eigenvalue weighted by atomic mass is 16.2. The predicted molar refractivity (Wildman–Crippen MR) is 70.0 cm³/mol. The standard InChI is InChI=1S/C14H26N2O/c1-3-14(2)7-11-16(12-8-14)13(17)15-9-5-4-6-10-15/h3-12H2,1-2H3. The van der Waals surface area contributed by atoms with Gasteiger partial charge in [-0.3, -0.25) is 0 Å². The highest BCUT2D eigenvalue weighted by Crippen LogP contribution is 2.34. The Bertz CT molecular complexity index is 263. The number of carbonyl (C=O) groups is 1.